The van der Waals surface area contributed by atoms with Crippen LogP contribution in [-0.2, 0) is 0 Å². The zero-order valence-corrected chi connectivity index (χ0v) is 10.6. The van der Waals surface area contributed by atoms with Gasteiger partial charge in [-0.2, -0.15) is 4.98 Å². The molecule has 0 aliphatic rings. The summed E-state index contributed by atoms with van der Waals surface area (Å²) < 4.78 is 18.3. The lowest BCUT2D eigenvalue weighted by molar-refractivity contribution is 0.0701. The Balaban J connectivity index is 2.25. The summed E-state index contributed by atoms with van der Waals surface area (Å²) in [5, 5.41) is 8.95. The number of nitrogens with zero attached hydrogens (tertiary/aromatic N) is 1. The second-order valence-corrected chi connectivity index (χ2v) is 4.68. The van der Waals surface area contributed by atoms with E-state index in [0.29, 0.717) is 0 Å². The van der Waals surface area contributed by atoms with Crippen molar-refractivity contribution in [3.8, 4) is 10.9 Å². The van der Waals surface area contributed by atoms with Gasteiger partial charge in [0, 0.05) is 6.07 Å². The third kappa shape index (κ3) is 2.80. The zero-order valence-electron chi connectivity index (χ0n) is 8.18. The predicted octanol–water partition coefficient (Wildman–Crippen LogP) is 3.54. The molecule has 2 aromatic rings. The third-order valence-electron chi connectivity index (χ3n) is 1.76. The number of halogens is 2. The number of hydrogen-bond donors (Lipinski definition) is 1. The van der Waals surface area contributed by atoms with Crippen molar-refractivity contribution in [2.24, 2.45) is 0 Å². The molecule has 0 saturated carbocycles. The van der Waals surface area contributed by atoms with E-state index in [4.69, 9.17) is 9.84 Å². The number of rotatable bonds is 3. The number of carboxylic acids is 1. The molecule has 4 nitrogen and oxygen atoms in total. The second kappa shape index (κ2) is 4.80. The lowest BCUT2D eigenvalue weighted by Crippen LogP contribution is -1.91. The number of aromatic carboxylic acids is 1. The summed E-state index contributed by atoms with van der Waals surface area (Å²) in [5.41, 5.74) is 0. The first-order chi connectivity index (χ1) is 8.06. The van der Waals surface area contributed by atoms with E-state index in [0.717, 1.165) is 11.3 Å². The van der Waals surface area contributed by atoms with Gasteiger partial charge in [-0.3, -0.25) is 0 Å². The maximum absolute atomic E-state index is 12.9. The Kier molecular flexibility index (Phi) is 3.39. The fraction of sp³-hybridized carbons (Fsp3) is 0. The molecule has 2 rings (SSSR count). The van der Waals surface area contributed by atoms with Gasteiger partial charge in [0.25, 0.3) is 5.19 Å². The quantitative estimate of drug-likeness (QED) is 0.940. The highest BCUT2D eigenvalue weighted by molar-refractivity contribution is 9.10. The molecule has 0 bridgehead atoms. The monoisotopic (exact) mass is 317 g/mol. The molecule has 17 heavy (non-hydrogen) atoms. The highest BCUT2D eigenvalue weighted by Gasteiger charge is 2.16. The van der Waals surface area contributed by atoms with E-state index in [1.807, 2.05) is 0 Å². The smallest absolute Gasteiger partial charge is 0.348 e. The van der Waals surface area contributed by atoms with E-state index < -0.39 is 11.8 Å². The molecule has 88 valence electrons. The van der Waals surface area contributed by atoms with Crippen LogP contribution in [0.15, 0.2) is 28.9 Å². The van der Waals surface area contributed by atoms with Gasteiger partial charge in [-0.15, -0.1) is 0 Å². The molecule has 0 fully saturated rings. The fourth-order valence-electron chi connectivity index (χ4n) is 1.09. The van der Waals surface area contributed by atoms with Gasteiger partial charge in [0.05, 0.1) is 0 Å². The van der Waals surface area contributed by atoms with Crippen LogP contribution in [0.5, 0.6) is 10.9 Å². The van der Waals surface area contributed by atoms with Crippen molar-refractivity contribution in [3.63, 3.8) is 0 Å². The van der Waals surface area contributed by atoms with E-state index in [-0.39, 0.29) is 20.4 Å². The number of benzene rings is 1. The number of carboxylic acid groups (broad SMARTS) is 1. The van der Waals surface area contributed by atoms with Gasteiger partial charge in [-0.25, -0.2) is 9.18 Å². The highest BCUT2D eigenvalue weighted by atomic mass is 79.9. The van der Waals surface area contributed by atoms with E-state index >= 15 is 0 Å². The summed E-state index contributed by atoms with van der Waals surface area (Å²) in [6, 6.07) is 5.52. The third-order valence-corrected chi connectivity index (χ3v) is 3.52. The molecule has 7 heteroatoms. The first kappa shape index (κ1) is 12.0. The molecular weight excluding hydrogens is 313 g/mol. The predicted molar refractivity (Wildman–Crippen MR) is 63.2 cm³/mol. The topological polar surface area (TPSA) is 59.4 Å². The molecule has 0 radical (unpaired) electrons. The van der Waals surface area contributed by atoms with E-state index in [1.165, 1.54) is 18.2 Å². The Morgan fingerprint density at radius 2 is 2.29 bits per heavy atom. The maximum Gasteiger partial charge on any atom is 0.348 e. The summed E-state index contributed by atoms with van der Waals surface area (Å²) in [5.74, 6) is -1.26. The Morgan fingerprint density at radius 1 is 1.53 bits per heavy atom. The van der Waals surface area contributed by atoms with Gasteiger partial charge in [-0.05, 0) is 28.1 Å². The first-order valence-corrected chi connectivity index (χ1v) is 6.00. The normalized spacial score (nSPS) is 10.2. The van der Waals surface area contributed by atoms with Gasteiger partial charge in [0.2, 0.25) is 0 Å². The standard InChI is InChI=1S/C10H5BrFNO3S/c11-8-7(9(14)15)17-10(13-8)16-6-3-1-2-5(12)4-6/h1-4H,(H,14,15). The van der Waals surface area contributed by atoms with Gasteiger partial charge in [0.15, 0.2) is 0 Å². The first-order valence-electron chi connectivity index (χ1n) is 4.39. The molecule has 0 aliphatic carbocycles. The van der Waals surface area contributed by atoms with Gasteiger partial charge in [0.1, 0.15) is 21.0 Å². The van der Waals surface area contributed by atoms with Crippen molar-refractivity contribution in [2.75, 3.05) is 0 Å². The average molecular weight is 318 g/mol. The molecule has 0 amide bonds. The Bertz CT molecular complexity index is 572. The Hall–Kier alpha value is -1.47. The summed E-state index contributed by atoms with van der Waals surface area (Å²) in [7, 11) is 0. The molecule has 1 heterocycles. The fourth-order valence-corrected chi connectivity index (χ4v) is 2.45. The van der Waals surface area contributed by atoms with Crippen molar-refractivity contribution < 1.29 is 19.0 Å². The van der Waals surface area contributed by atoms with Crippen LogP contribution in [-0.4, -0.2) is 16.1 Å². The minimum atomic E-state index is -1.09. The summed E-state index contributed by atoms with van der Waals surface area (Å²) in [6.45, 7) is 0. The van der Waals surface area contributed by atoms with E-state index in [9.17, 15) is 9.18 Å². The van der Waals surface area contributed by atoms with Crippen LogP contribution in [0.3, 0.4) is 0 Å². The Labute approximate surface area is 108 Å². The molecule has 0 atom stereocenters. The number of carbonyl (C=O) groups is 1. The van der Waals surface area contributed by atoms with Crippen LogP contribution in [0.1, 0.15) is 9.67 Å². The summed E-state index contributed by atoms with van der Waals surface area (Å²) in [6.07, 6.45) is 0. The highest BCUT2D eigenvalue weighted by Crippen LogP contribution is 2.32. The molecular formula is C10H5BrFNO3S. The number of thiazole rings is 1. The van der Waals surface area contributed by atoms with Crippen molar-refractivity contribution in [1.82, 2.24) is 4.98 Å². The molecule has 1 aromatic heterocycles. The molecule has 0 aliphatic heterocycles. The molecule has 0 unspecified atom stereocenters. The minimum Gasteiger partial charge on any atom is -0.477 e. The number of ether oxygens (including phenoxy) is 1. The lowest BCUT2D eigenvalue weighted by Gasteiger charge is -2.00. The van der Waals surface area contributed by atoms with Crippen LogP contribution >= 0.6 is 27.3 Å². The maximum atomic E-state index is 12.9. The van der Waals surface area contributed by atoms with E-state index in [1.54, 1.807) is 6.07 Å². The van der Waals surface area contributed by atoms with Crippen LogP contribution in [0.25, 0.3) is 0 Å². The average Bonchev–Trinajstić information content (AvgIpc) is 2.59. The van der Waals surface area contributed by atoms with Gasteiger partial charge >= 0.3 is 5.97 Å². The lowest BCUT2D eigenvalue weighted by atomic mass is 10.3. The number of hydrogen-bond acceptors (Lipinski definition) is 4. The largest absolute Gasteiger partial charge is 0.477 e. The van der Waals surface area contributed by atoms with Crippen molar-refractivity contribution in [1.29, 1.82) is 0 Å². The van der Waals surface area contributed by atoms with Crippen LogP contribution < -0.4 is 4.74 Å². The number of aromatic nitrogens is 1. The van der Waals surface area contributed by atoms with Crippen LogP contribution in [0.4, 0.5) is 4.39 Å². The zero-order chi connectivity index (χ0) is 12.4. The van der Waals surface area contributed by atoms with Gasteiger partial charge in [-0.1, -0.05) is 17.4 Å². The molecule has 0 spiro atoms. The SMILES string of the molecule is O=C(O)c1sc(Oc2cccc(F)c2)nc1Br. The minimum absolute atomic E-state index is 0.0383. The van der Waals surface area contributed by atoms with E-state index in [2.05, 4.69) is 20.9 Å². The van der Waals surface area contributed by atoms with Crippen LogP contribution in [0.2, 0.25) is 0 Å². The van der Waals surface area contributed by atoms with Crippen molar-refractivity contribution >= 4 is 33.2 Å². The summed E-state index contributed by atoms with van der Waals surface area (Å²) >= 11 is 3.88. The molecule has 0 saturated heterocycles. The molecule has 1 N–H and O–H groups in total. The summed E-state index contributed by atoms with van der Waals surface area (Å²) in [4.78, 5) is 14.7. The Morgan fingerprint density at radius 3 is 2.88 bits per heavy atom. The second-order valence-electron chi connectivity index (χ2n) is 2.96. The molecule has 1 aromatic carbocycles. The van der Waals surface area contributed by atoms with Crippen molar-refractivity contribution in [2.45, 2.75) is 0 Å². The van der Waals surface area contributed by atoms with Crippen LogP contribution in [0, 0.1) is 5.82 Å². The van der Waals surface area contributed by atoms with Crippen molar-refractivity contribution in [3.05, 3.63) is 39.6 Å². The van der Waals surface area contributed by atoms with Gasteiger partial charge < -0.3 is 9.84 Å².